The zero-order valence-electron chi connectivity index (χ0n) is 25.2. The summed E-state index contributed by atoms with van der Waals surface area (Å²) in [5.74, 6) is 2.72. The highest BCUT2D eigenvalue weighted by Gasteiger charge is 2.32. The lowest BCUT2D eigenvalue weighted by molar-refractivity contribution is 0.305. The van der Waals surface area contributed by atoms with Gasteiger partial charge in [0, 0.05) is 27.5 Å². The first-order chi connectivity index (χ1) is 21.2. The maximum absolute atomic E-state index is 6.19. The summed E-state index contributed by atoms with van der Waals surface area (Å²) in [6, 6.07) is 33.1. The van der Waals surface area contributed by atoms with Gasteiger partial charge >= 0.3 is 0 Å². The van der Waals surface area contributed by atoms with Crippen molar-refractivity contribution in [1.82, 2.24) is 4.98 Å². The molecule has 5 aromatic rings. The molecule has 1 N–H and O–H groups in total. The van der Waals surface area contributed by atoms with Crippen LogP contribution in [0.5, 0.6) is 11.5 Å². The van der Waals surface area contributed by atoms with Gasteiger partial charge in [0.25, 0.3) is 0 Å². The lowest BCUT2D eigenvalue weighted by Crippen LogP contribution is -2.20. The normalized spacial score (nSPS) is 16.2. The van der Waals surface area contributed by atoms with E-state index < -0.39 is 0 Å². The molecule has 0 saturated carbocycles. The van der Waals surface area contributed by atoms with Gasteiger partial charge in [0.05, 0.1) is 13.2 Å². The highest BCUT2D eigenvalue weighted by molar-refractivity contribution is 9.10. The average Bonchev–Trinajstić information content (AvgIpc) is 3.44. The maximum atomic E-state index is 6.19. The van der Waals surface area contributed by atoms with E-state index in [1.165, 1.54) is 38.7 Å². The Morgan fingerprint density at radius 1 is 0.767 bits per heavy atom. The maximum Gasteiger partial charge on any atom is 0.119 e. The fourth-order valence-electron chi connectivity index (χ4n) is 6.60. The van der Waals surface area contributed by atoms with Gasteiger partial charge in [0.1, 0.15) is 11.5 Å². The van der Waals surface area contributed by atoms with E-state index in [9.17, 15) is 0 Å². The van der Waals surface area contributed by atoms with Crippen LogP contribution in [-0.2, 0) is 12.8 Å². The molecule has 0 saturated heterocycles. The second-order valence-corrected chi connectivity index (χ2v) is 12.7. The molecule has 0 unspecified atom stereocenters. The van der Waals surface area contributed by atoms with E-state index >= 15 is 0 Å². The van der Waals surface area contributed by atoms with Gasteiger partial charge < -0.3 is 14.5 Å². The van der Waals surface area contributed by atoms with Gasteiger partial charge in [-0.1, -0.05) is 77.8 Å². The highest BCUT2D eigenvalue weighted by Crippen LogP contribution is 2.47. The van der Waals surface area contributed by atoms with Crippen LogP contribution in [0.15, 0.2) is 102 Å². The van der Waals surface area contributed by atoms with Crippen LogP contribution in [-0.4, -0.2) is 18.2 Å². The molecule has 1 heterocycles. The SMILES string of the molecule is CCCCOc1ccc2c(c1)CC[C@H](c1ccccc1)[C@@H]2c1ccc(OCCCCCc2c[nH]c3ccc(Br)cc23)cc1. The largest absolute Gasteiger partial charge is 0.494 e. The third-order valence-electron chi connectivity index (χ3n) is 8.90. The molecule has 6 rings (SSSR count). The number of hydrogen-bond donors (Lipinski definition) is 1. The van der Waals surface area contributed by atoms with Gasteiger partial charge in [0.15, 0.2) is 0 Å². The molecule has 0 radical (unpaired) electrons. The Morgan fingerprint density at radius 2 is 1.56 bits per heavy atom. The molecule has 0 aliphatic heterocycles. The molecule has 1 aliphatic carbocycles. The van der Waals surface area contributed by atoms with Gasteiger partial charge in [-0.3, -0.25) is 0 Å². The summed E-state index contributed by atoms with van der Waals surface area (Å²) in [5.41, 5.74) is 8.23. The number of aryl methyl sites for hydroxylation is 2. The van der Waals surface area contributed by atoms with Crippen molar-refractivity contribution in [3.63, 3.8) is 0 Å². The van der Waals surface area contributed by atoms with Crippen molar-refractivity contribution in [2.45, 2.75) is 70.1 Å². The first-order valence-corrected chi connectivity index (χ1v) is 16.8. The first-order valence-electron chi connectivity index (χ1n) is 16.0. The van der Waals surface area contributed by atoms with Crippen LogP contribution >= 0.6 is 15.9 Å². The van der Waals surface area contributed by atoms with E-state index in [0.29, 0.717) is 11.8 Å². The number of hydrogen-bond acceptors (Lipinski definition) is 2. The van der Waals surface area contributed by atoms with E-state index in [0.717, 1.165) is 80.6 Å². The molecule has 2 atom stereocenters. The van der Waals surface area contributed by atoms with E-state index in [1.54, 1.807) is 0 Å². The summed E-state index contributed by atoms with van der Waals surface area (Å²) >= 11 is 3.60. The smallest absolute Gasteiger partial charge is 0.119 e. The van der Waals surface area contributed by atoms with Crippen LogP contribution in [0.2, 0.25) is 0 Å². The Bertz CT molecular complexity index is 1610. The number of benzene rings is 4. The summed E-state index contributed by atoms with van der Waals surface area (Å²) in [4.78, 5) is 3.40. The average molecular weight is 637 g/mol. The predicted molar refractivity (Wildman–Crippen MR) is 182 cm³/mol. The number of nitrogens with one attached hydrogen (secondary N) is 1. The van der Waals surface area contributed by atoms with Crippen molar-refractivity contribution in [2.24, 2.45) is 0 Å². The second kappa shape index (κ2) is 14.3. The van der Waals surface area contributed by atoms with E-state index in [2.05, 4.69) is 125 Å². The topological polar surface area (TPSA) is 34.2 Å². The molecule has 3 nitrogen and oxygen atoms in total. The second-order valence-electron chi connectivity index (χ2n) is 11.8. The molecule has 0 bridgehead atoms. The van der Waals surface area contributed by atoms with Crippen LogP contribution in [0, 0.1) is 0 Å². The van der Waals surface area contributed by atoms with Crippen molar-refractivity contribution in [3.8, 4) is 11.5 Å². The fourth-order valence-corrected chi connectivity index (χ4v) is 6.97. The van der Waals surface area contributed by atoms with Gasteiger partial charge in [-0.05, 0) is 121 Å². The first kappa shape index (κ1) is 29.6. The molecule has 222 valence electrons. The Labute approximate surface area is 264 Å². The molecular formula is C39H42BrNO2. The summed E-state index contributed by atoms with van der Waals surface area (Å²) in [6.45, 7) is 3.74. The van der Waals surface area contributed by atoms with Crippen LogP contribution in [0.25, 0.3) is 10.9 Å². The third kappa shape index (κ3) is 7.18. The molecule has 4 aromatic carbocycles. The number of fused-ring (bicyclic) bond motifs is 2. The van der Waals surface area contributed by atoms with E-state index in [-0.39, 0.29) is 0 Å². The molecule has 1 aliphatic rings. The van der Waals surface area contributed by atoms with Gasteiger partial charge in [0.2, 0.25) is 0 Å². The number of aromatic nitrogens is 1. The molecule has 4 heteroatoms. The minimum atomic E-state index is 0.315. The molecule has 0 spiro atoms. The minimum Gasteiger partial charge on any atom is -0.494 e. The van der Waals surface area contributed by atoms with Crippen molar-refractivity contribution in [3.05, 3.63) is 129 Å². The van der Waals surface area contributed by atoms with Crippen molar-refractivity contribution in [2.75, 3.05) is 13.2 Å². The Balaban J connectivity index is 1.08. The summed E-state index contributed by atoms with van der Waals surface area (Å²) in [6.07, 6.45) is 11.1. The number of ether oxygens (including phenoxy) is 2. The molecule has 0 amide bonds. The number of H-pyrrole nitrogens is 1. The zero-order valence-corrected chi connectivity index (χ0v) is 26.7. The lowest BCUT2D eigenvalue weighted by Gasteiger charge is -2.35. The monoisotopic (exact) mass is 635 g/mol. The third-order valence-corrected chi connectivity index (χ3v) is 9.39. The molecule has 1 aromatic heterocycles. The lowest BCUT2D eigenvalue weighted by atomic mass is 9.69. The standard InChI is InChI=1S/C39H42BrNO2/c1-2-3-23-43-34-19-21-36-30(25-34)15-20-35(28-10-6-4-7-11-28)39(36)29-13-17-33(18-14-29)42-24-9-5-8-12-31-27-41-38-22-16-32(40)26-37(31)38/h4,6-7,10-11,13-14,16-19,21-22,25-27,35,39,41H,2-3,5,8-9,12,15,20,23-24H2,1H3/t35-,39+/m1/s1. The highest BCUT2D eigenvalue weighted by atomic mass is 79.9. The number of rotatable bonds is 13. The number of halogens is 1. The van der Waals surface area contributed by atoms with Gasteiger partial charge in [-0.25, -0.2) is 0 Å². The van der Waals surface area contributed by atoms with Crippen molar-refractivity contribution in [1.29, 1.82) is 0 Å². The number of unbranched alkanes of at least 4 members (excludes halogenated alkanes) is 3. The molecular weight excluding hydrogens is 594 g/mol. The Kier molecular flexibility index (Phi) is 9.84. The quantitative estimate of drug-likeness (QED) is 0.131. The van der Waals surface area contributed by atoms with Crippen molar-refractivity contribution >= 4 is 26.8 Å². The van der Waals surface area contributed by atoms with E-state index in [4.69, 9.17) is 9.47 Å². The zero-order chi connectivity index (χ0) is 29.4. The summed E-state index contributed by atoms with van der Waals surface area (Å²) < 4.78 is 13.4. The van der Waals surface area contributed by atoms with Crippen LogP contribution < -0.4 is 9.47 Å². The van der Waals surface area contributed by atoms with Gasteiger partial charge in [-0.2, -0.15) is 0 Å². The Hall–Kier alpha value is -3.50. The summed E-state index contributed by atoms with van der Waals surface area (Å²) in [7, 11) is 0. The fraction of sp³-hybridized carbons (Fsp3) is 0.333. The van der Waals surface area contributed by atoms with E-state index in [1.807, 2.05) is 0 Å². The van der Waals surface area contributed by atoms with Crippen LogP contribution in [0.1, 0.15) is 85.1 Å². The van der Waals surface area contributed by atoms with Crippen LogP contribution in [0.3, 0.4) is 0 Å². The molecule has 0 fully saturated rings. The Morgan fingerprint density at radius 3 is 2.40 bits per heavy atom. The van der Waals surface area contributed by atoms with Crippen LogP contribution in [0.4, 0.5) is 0 Å². The molecule has 43 heavy (non-hydrogen) atoms. The predicted octanol–water partition coefficient (Wildman–Crippen LogP) is 10.8. The number of aromatic amines is 1. The van der Waals surface area contributed by atoms with Gasteiger partial charge in [-0.15, -0.1) is 0 Å². The summed E-state index contributed by atoms with van der Waals surface area (Å²) in [5, 5.41) is 1.32. The van der Waals surface area contributed by atoms with Crippen molar-refractivity contribution < 1.29 is 9.47 Å². The minimum absolute atomic E-state index is 0.315.